The van der Waals surface area contributed by atoms with Crippen LogP contribution < -0.4 is 0 Å². The Hall–Kier alpha value is -3.78. The van der Waals surface area contributed by atoms with Gasteiger partial charge in [0.25, 0.3) is 0 Å². The van der Waals surface area contributed by atoms with Crippen molar-refractivity contribution in [2.45, 2.75) is 6.92 Å². The third-order valence-corrected chi connectivity index (χ3v) is 5.75. The summed E-state index contributed by atoms with van der Waals surface area (Å²) in [6.07, 6.45) is 0. The van der Waals surface area contributed by atoms with Gasteiger partial charge in [0.2, 0.25) is 0 Å². The van der Waals surface area contributed by atoms with Crippen LogP contribution in [0.2, 0.25) is 0 Å². The first kappa shape index (κ1) is 16.2. The van der Waals surface area contributed by atoms with Gasteiger partial charge in [0.15, 0.2) is 0 Å². The molecule has 0 aliphatic carbocycles. The molecule has 0 spiro atoms. The fraction of sp³-hybridized carbons (Fsp3) is 0.0370. The summed E-state index contributed by atoms with van der Waals surface area (Å²) in [6, 6.07) is 31.9. The monoisotopic (exact) mass is 370 g/mol. The van der Waals surface area contributed by atoms with Gasteiger partial charge in [0.1, 0.15) is 0 Å². The van der Waals surface area contributed by atoms with E-state index in [0.29, 0.717) is 0 Å². The minimum absolute atomic E-state index is 0.948. The van der Waals surface area contributed by atoms with Crippen molar-refractivity contribution in [3.63, 3.8) is 0 Å². The Kier molecular flexibility index (Phi) is 3.41. The van der Waals surface area contributed by atoms with E-state index in [9.17, 15) is 0 Å². The molecule has 5 aromatic carbocycles. The molecular weight excluding hydrogens is 352 g/mol. The largest absolute Gasteiger partial charge is 0.249 e. The number of hydrogen-bond acceptors (Lipinski definition) is 2. The van der Waals surface area contributed by atoms with Crippen LogP contribution in [0.25, 0.3) is 54.6 Å². The highest BCUT2D eigenvalue weighted by Crippen LogP contribution is 2.35. The zero-order chi connectivity index (χ0) is 19.4. The number of benzene rings is 5. The summed E-state index contributed by atoms with van der Waals surface area (Å²) in [6.45, 7) is 2.06. The molecule has 0 N–H and O–H groups in total. The molecule has 6 aromatic rings. The summed E-state index contributed by atoms with van der Waals surface area (Å²) in [7, 11) is 0. The molecule has 0 bridgehead atoms. The van der Waals surface area contributed by atoms with E-state index in [1.165, 1.54) is 21.5 Å². The van der Waals surface area contributed by atoms with Crippen LogP contribution in [-0.4, -0.2) is 9.97 Å². The van der Waals surface area contributed by atoms with Gasteiger partial charge in [0, 0.05) is 16.3 Å². The van der Waals surface area contributed by atoms with Crippen molar-refractivity contribution < 1.29 is 0 Å². The Morgan fingerprint density at radius 2 is 1.07 bits per heavy atom. The highest BCUT2D eigenvalue weighted by molar-refractivity contribution is 6.23. The summed E-state index contributed by atoms with van der Waals surface area (Å²) in [5.41, 5.74) is 4.94. The average molecular weight is 370 g/mol. The van der Waals surface area contributed by atoms with E-state index in [1.807, 2.05) is 0 Å². The van der Waals surface area contributed by atoms with Gasteiger partial charge in [-0.1, -0.05) is 84.9 Å². The van der Waals surface area contributed by atoms with Crippen LogP contribution in [0.4, 0.5) is 0 Å². The Balaban J connectivity index is 1.74. The van der Waals surface area contributed by atoms with Crippen LogP contribution in [0.15, 0.2) is 91.0 Å². The van der Waals surface area contributed by atoms with Crippen molar-refractivity contribution in [3.05, 3.63) is 96.7 Å². The summed E-state index contributed by atoms with van der Waals surface area (Å²) in [5, 5.41) is 7.20. The highest BCUT2D eigenvalue weighted by atomic mass is 14.8. The standard InChI is InChI=1S/C27H18N2/c1-17-25(20-15-14-18-8-2-3-9-19(18)16-20)29-27-24-13-7-5-11-22(24)21-10-4-6-12-23(21)26(27)28-17/h2-16H,1H3. The van der Waals surface area contributed by atoms with Crippen LogP contribution >= 0.6 is 0 Å². The molecule has 0 aliphatic heterocycles. The van der Waals surface area contributed by atoms with Crippen molar-refractivity contribution in [2.24, 2.45) is 0 Å². The first-order valence-corrected chi connectivity index (χ1v) is 9.86. The maximum atomic E-state index is 5.17. The molecule has 2 nitrogen and oxygen atoms in total. The molecule has 6 rings (SSSR count). The molecule has 0 unspecified atom stereocenters. The van der Waals surface area contributed by atoms with Crippen molar-refractivity contribution >= 4 is 43.4 Å². The van der Waals surface area contributed by atoms with Crippen molar-refractivity contribution in [2.75, 3.05) is 0 Å². The Morgan fingerprint density at radius 3 is 1.76 bits per heavy atom. The average Bonchev–Trinajstić information content (AvgIpc) is 2.78. The lowest BCUT2D eigenvalue weighted by Crippen LogP contribution is -1.96. The topological polar surface area (TPSA) is 25.8 Å². The van der Waals surface area contributed by atoms with Gasteiger partial charge in [-0.25, -0.2) is 9.97 Å². The molecule has 136 valence electrons. The molecule has 1 aromatic heterocycles. The van der Waals surface area contributed by atoms with Crippen LogP contribution in [0.5, 0.6) is 0 Å². The van der Waals surface area contributed by atoms with Crippen molar-refractivity contribution in [3.8, 4) is 11.3 Å². The second kappa shape index (κ2) is 6.11. The molecule has 0 radical (unpaired) electrons. The van der Waals surface area contributed by atoms with Crippen LogP contribution in [0, 0.1) is 6.92 Å². The minimum Gasteiger partial charge on any atom is -0.249 e. The number of fused-ring (bicyclic) bond motifs is 7. The molecule has 29 heavy (non-hydrogen) atoms. The lowest BCUT2D eigenvalue weighted by molar-refractivity contribution is 1.20. The van der Waals surface area contributed by atoms with Crippen molar-refractivity contribution in [1.82, 2.24) is 9.97 Å². The fourth-order valence-electron chi connectivity index (χ4n) is 4.35. The van der Waals surface area contributed by atoms with E-state index < -0.39 is 0 Å². The predicted octanol–water partition coefficient (Wildman–Crippen LogP) is 7.06. The minimum atomic E-state index is 0.948. The molecule has 0 saturated carbocycles. The zero-order valence-electron chi connectivity index (χ0n) is 16.1. The lowest BCUT2D eigenvalue weighted by Gasteiger charge is -2.12. The van der Waals surface area contributed by atoms with Crippen LogP contribution in [0.1, 0.15) is 5.69 Å². The van der Waals surface area contributed by atoms with Gasteiger partial charge >= 0.3 is 0 Å². The molecule has 0 fully saturated rings. The summed E-state index contributed by atoms with van der Waals surface area (Å²) in [5.74, 6) is 0. The number of aromatic nitrogens is 2. The SMILES string of the molecule is Cc1nc2c3ccccc3c3ccccc3c2nc1-c1ccc2ccccc2c1. The second-order valence-corrected chi connectivity index (χ2v) is 7.51. The van der Waals surface area contributed by atoms with Crippen molar-refractivity contribution in [1.29, 1.82) is 0 Å². The Morgan fingerprint density at radius 1 is 0.517 bits per heavy atom. The van der Waals surface area contributed by atoms with E-state index >= 15 is 0 Å². The Labute approximate surface area is 168 Å². The van der Waals surface area contributed by atoms with E-state index in [0.717, 1.165) is 38.8 Å². The summed E-state index contributed by atoms with van der Waals surface area (Å²) in [4.78, 5) is 10.2. The van der Waals surface area contributed by atoms with E-state index in [4.69, 9.17) is 9.97 Å². The number of rotatable bonds is 1. The molecule has 0 atom stereocenters. The quantitative estimate of drug-likeness (QED) is 0.289. The molecular formula is C27H18N2. The smallest absolute Gasteiger partial charge is 0.0979 e. The zero-order valence-corrected chi connectivity index (χ0v) is 16.1. The van der Waals surface area contributed by atoms with Gasteiger partial charge < -0.3 is 0 Å². The molecule has 0 saturated heterocycles. The van der Waals surface area contributed by atoms with Gasteiger partial charge in [-0.05, 0) is 34.5 Å². The third-order valence-electron chi connectivity index (χ3n) is 5.75. The van der Waals surface area contributed by atoms with Crippen LogP contribution in [0.3, 0.4) is 0 Å². The molecule has 1 heterocycles. The number of nitrogens with zero attached hydrogens (tertiary/aromatic N) is 2. The maximum Gasteiger partial charge on any atom is 0.0979 e. The van der Waals surface area contributed by atoms with Crippen LogP contribution in [-0.2, 0) is 0 Å². The first-order valence-electron chi connectivity index (χ1n) is 9.86. The summed E-state index contributed by atoms with van der Waals surface area (Å²) < 4.78 is 0. The van der Waals surface area contributed by atoms with E-state index in [-0.39, 0.29) is 0 Å². The molecule has 2 heteroatoms. The van der Waals surface area contributed by atoms with Gasteiger partial charge in [-0.15, -0.1) is 0 Å². The summed E-state index contributed by atoms with van der Waals surface area (Å²) >= 11 is 0. The number of aryl methyl sites for hydroxylation is 1. The van der Waals surface area contributed by atoms with E-state index in [2.05, 4.69) is 97.9 Å². The fourth-order valence-corrected chi connectivity index (χ4v) is 4.35. The van der Waals surface area contributed by atoms with Gasteiger partial charge in [-0.3, -0.25) is 0 Å². The predicted molar refractivity (Wildman–Crippen MR) is 122 cm³/mol. The normalized spacial score (nSPS) is 11.6. The molecule has 0 aliphatic rings. The highest BCUT2D eigenvalue weighted by Gasteiger charge is 2.14. The van der Waals surface area contributed by atoms with Gasteiger partial charge in [-0.2, -0.15) is 0 Å². The maximum absolute atomic E-state index is 5.17. The third kappa shape index (κ3) is 2.43. The van der Waals surface area contributed by atoms with Gasteiger partial charge in [0.05, 0.1) is 22.4 Å². The first-order chi connectivity index (χ1) is 14.3. The lowest BCUT2D eigenvalue weighted by atomic mass is 9.98. The Bertz CT molecular complexity index is 1560. The second-order valence-electron chi connectivity index (χ2n) is 7.51. The molecule has 0 amide bonds. The number of hydrogen-bond donors (Lipinski definition) is 0. The van der Waals surface area contributed by atoms with E-state index in [1.54, 1.807) is 0 Å².